The lowest BCUT2D eigenvalue weighted by molar-refractivity contribution is -0.139. The summed E-state index contributed by atoms with van der Waals surface area (Å²) in [5.74, 6) is -1.11. The van der Waals surface area contributed by atoms with E-state index in [1.165, 1.54) is 0 Å². The first-order valence-electron chi connectivity index (χ1n) is 9.07. The van der Waals surface area contributed by atoms with Gasteiger partial charge in [-0.15, -0.1) is 0 Å². The molecule has 0 bridgehead atoms. The number of hydrogen-bond donors (Lipinski definition) is 3. The van der Waals surface area contributed by atoms with Crippen molar-refractivity contribution in [3.63, 3.8) is 0 Å². The second kappa shape index (κ2) is 12.2. The number of rotatable bonds is 4. The Morgan fingerprint density at radius 1 is 1.12 bits per heavy atom. The minimum atomic E-state index is -1.11. The number of aliphatic carboxylic acids is 1. The van der Waals surface area contributed by atoms with Gasteiger partial charge in [0.1, 0.15) is 11.6 Å². The van der Waals surface area contributed by atoms with Crippen molar-refractivity contribution < 1.29 is 19.4 Å². The maximum absolute atomic E-state index is 11.7. The lowest BCUT2D eigenvalue weighted by Crippen LogP contribution is -2.44. The summed E-state index contributed by atoms with van der Waals surface area (Å²) in [4.78, 5) is 23.1. The van der Waals surface area contributed by atoms with E-state index < -0.39 is 23.7 Å². The van der Waals surface area contributed by atoms with Crippen LogP contribution in [-0.4, -0.2) is 28.8 Å². The molecule has 0 aliphatic heterocycles. The third-order valence-electron chi connectivity index (χ3n) is 3.08. The summed E-state index contributed by atoms with van der Waals surface area (Å²) in [6, 6.07) is 2.60. The number of nitrogen functional groups attached to an aromatic ring is 1. The first kappa shape index (κ1) is 26.0. The van der Waals surface area contributed by atoms with Gasteiger partial charge in [-0.05, 0) is 51.3 Å². The zero-order valence-electron chi connectivity index (χ0n) is 17.7. The number of hydrogen-bond acceptors (Lipinski definition) is 4. The van der Waals surface area contributed by atoms with Crippen molar-refractivity contribution >= 4 is 17.7 Å². The minimum absolute atomic E-state index is 0.163. The molecule has 0 aliphatic rings. The molecule has 1 rings (SSSR count). The van der Waals surface area contributed by atoms with E-state index in [9.17, 15) is 14.7 Å². The van der Waals surface area contributed by atoms with Crippen molar-refractivity contribution in [2.75, 3.05) is 5.73 Å². The third kappa shape index (κ3) is 9.91. The summed E-state index contributed by atoms with van der Waals surface area (Å²) >= 11 is 0. The van der Waals surface area contributed by atoms with Gasteiger partial charge in [0.25, 0.3) is 0 Å². The van der Waals surface area contributed by atoms with Crippen LogP contribution in [0.1, 0.15) is 65.2 Å². The van der Waals surface area contributed by atoms with E-state index in [4.69, 9.17) is 10.5 Å². The average molecular weight is 369 g/mol. The molecule has 1 atom stereocenters. The Morgan fingerprint density at radius 2 is 1.54 bits per heavy atom. The number of nitrogens with one attached hydrogen (secondary N) is 1. The lowest BCUT2D eigenvalue weighted by Gasteiger charge is -2.22. The van der Waals surface area contributed by atoms with E-state index >= 15 is 0 Å². The maximum Gasteiger partial charge on any atom is 0.408 e. The summed E-state index contributed by atoms with van der Waals surface area (Å²) < 4.78 is 5.09. The number of anilines is 1. The number of aryl methyl sites for hydroxylation is 2. The molecule has 6 nitrogen and oxygen atoms in total. The van der Waals surface area contributed by atoms with Gasteiger partial charge in [0.05, 0.1) is 0 Å². The highest BCUT2D eigenvalue weighted by Crippen LogP contribution is 2.19. The number of carbonyl (C=O) groups is 2. The van der Waals surface area contributed by atoms with Crippen molar-refractivity contribution in [2.45, 2.75) is 80.4 Å². The fraction of sp³-hybridized carbons (Fsp3) is 0.600. The van der Waals surface area contributed by atoms with Crippen LogP contribution in [0.3, 0.4) is 0 Å². The topological polar surface area (TPSA) is 102 Å². The van der Waals surface area contributed by atoms with Crippen LogP contribution in [0.5, 0.6) is 0 Å². The molecule has 0 saturated heterocycles. The Balaban J connectivity index is 0. The van der Waals surface area contributed by atoms with Crippen LogP contribution >= 0.6 is 0 Å². The lowest BCUT2D eigenvalue weighted by atomic mass is 9.99. The highest BCUT2D eigenvalue weighted by Gasteiger charge is 2.24. The van der Waals surface area contributed by atoms with Crippen LogP contribution in [0.25, 0.3) is 0 Å². The van der Waals surface area contributed by atoms with Gasteiger partial charge in [0.2, 0.25) is 0 Å². The highest BCUT2D eigenvalue weighted by atomic mass is 16.6. The second-order valence-corrected chi connectivity index (χ2v) is 6.38. The molecular weight excluding hydrogens is 332 g/mol. The number of alkyl carbamates (subject to hydrolysis) is 1. The quantitative estimate of drug-likeness (QED) is 0.681. The van der Waals surface area contributed by atoms with E-state index in [-0.39, 0.29) is 6.42 Å². The van der Waals surface area contributed by atoms with Crippen LogP contribution in [0.4, 0.5) is 10.5 Å². The van der Waals surface area contributed by atoms with Crippen LogP contribution in [0.15, 0.2) is 12.1 Å². The Morgan fingerprint density at radius 3 is 1.88 bits per heavy atom. The molecule has 0 aliphatic carbocycles. The highest BCUT2D eigenvalue weighted by molar-refractivity contribution is 5.80. The molecule has 4 N–H and O–H groups in total. The molecule has 1 amide bonds. The van der Waals surface area contributed by atoms with Crippen molar-refractivity contribution in [1.82, 2.24) is 5.32 Å². The molecule has 26 heavy (non-hydrogen) atoms. The smallest absolute Gasteiger partial charge is 0.408 e. The Kier molecular flexibility index (Phi) is 12.2. The fourth-order valence-electron chi connectivity index (χ4n) is 2.07. The largest absolute Gasteiger partial charge is 0.480 e. The molecule has 0 heterocycles. The number of carbonyl (C=O) groups excluding carboxylic acids is 1. The van der Waals surface area contributed by atoms with Gasteiger partial charge in [-0.25, -0.2) is 9.59 Å². The van der Waals surface area contributed by atoms with E-state index in [0.717, 1.165) is 16.7 Å². The molecule has 0 spiro atoms. The van der Waals surface area contributed by atoms with Gasteiger partial charge in [-0.2, -0.15) is 0 Å². The van der Waals surface area contributed by atoms with Crippen LogP contribution in [0.2, 0.25) is 0 Å². The Bertz CT molecular complexity index is 555. The predicted molar refractivity (Wildman–Crippen MR) is 108 cm³/mol. The second-order valence-electron chi connectivity index (χ2n) is 6.38. The van der Waals surface area contributed by atoms with Crippen LogP contribution in [0, 0.1) is 13.8 Å². The van der Waals surface area contributed by atoms with Gasteiger partial charge < -0.3 is 20.9 Å². The third-order valence-corrected chi connectivity index (χ3v) is 3.08. The standard InChI is InChI=1S/C16H24N2O4.2C2H6/c1-9-6-11(7-10(2)13(9)17)8-12(14(19)20)18-15(21)22-16(3,4)5;2*1-2/h6-7,12H,8,17H2,1-5H3,(H,18,21)(H,19,20);2*1-2H3. The number of benzene rings is 1. The average Bonchev–Trinajstić information content (AvgIpc) is 2.54. The zero-order valence-corrected chi connectivity index (χ0v) is 17.7. The van der Waals surface area contributed by atoms with Gasteiger partial charge in [0, 0.05) is 12.1 Å². The molecule has 150 valence electrons. The fourth-order valence-corrected chi connectivity index (χ4v) is 2.07. The summed E-state index contributed by atoms with van der Waals surface area (Å²) in [7, 11) is 0. The van der Waals surface area contributed by atoms with E-state index in [1.54, 1.807) is 20.8 Å². The van der Waals surface area contributed by atoms with E-state index in [0.29, 0.717) is 5.69 Å². The number of ether oxygens (including phenoxy) is 1. The van der Waals surface area contributed by atoms with Crippen LogP contribution in [-0.2, 0) is 16.0 Å². The van der Waals surface area contributed by atoms with Gasteiger partial charge in [0.15, 0.2) is 0 Å². The molecule has 0 saturated carbocycles. The molecule has 6 heteroatoms. The number of carboxylic acid groups (broad SMARTS) is 1. The van der Waals surface area contributed by atoms with Crippen molar-refractivity contribution in [1.29, 1.82) is 0 Å². The summed E-state index contributed by atoms with van der Waals surface area (Å²) in [5.41, 5.74) is 8.47. The first-order chi connectivity index (χ1) is 12.0. The Labute approximate surface area is 158 Å². The van der Waals surface area contributed by atoms with Gasteiger partial charge in [-0.1, -0.05) is 39.8 Å². The molecule has 0 radical (unpaired) electrons. The maximum atomic E-state index is 11.7. The first-order valence-corrected chi connectivity index (χ1v) is 9.07. The van der Waals surface area contributed by atoms with Crippen molar-refractivity contribution in [3.8, 4) is 0 Å². The number of carboxylic acids is 1. The molecular formula is C20H36N2O4. The number of nitrogens with two attached hydrogens (primary N) is 1. The van der Waals surface area contributed by atoms with E-state index in [2.05, 4.69) is 5.32 Å². The minimum Gasteiger partial charge on any atom is -0.480 e. The molecule has 1 aromatic rings. The normalized spacial score (nSPS) is 11.1. The Hall–Kier alpha value is -2.24. The van der Waals surface area contributed by atoms with Crippen LogP contribution < -0.4 is 11.1 Å². The van der Waals surface area contributed by atoms with Gasteiger partial charge >= 0.3 is 12.1 Å². The molecule has 0 fully saturated rings. The monoisotopic (exact) mass is 368 g/mol. The zero-order chi connectivity index (χ0) is 21.1. The predicted octanol–water partition coefficient (Wildman–Crippen LogP) is 4.46. The summed E-state index contributed by atoms with van der Waals surface area (Å²) in [6.45, 7) is 16.9. The SMILES string of the molecule is CC.CC.Cc1cc(CC(NC(=O)OC(C)(C)C)C(=O)O)cc(C)c1N. The summed E-state index contributed by atoms with van der Waals surface area (Å²) in [5, 5.41) is 11.7. The van der Waals surface area contributed by atoms with Crippen molar-refractivity contribution in [2.24, 2.45) is 0 Å². The van der Waals surface area contributed by atoms with E-state index in [1.807, 2.05) is 53.7 Å². The summed E-state index contributed by atoms with van der Waals surface area (Å²) in [6.07, 6.45) is -0.583. The molecule has 1 aromatic carbocycles. The van der Waals surface area contributed by atoms with Gasteiger partial charge in [-0.3, -0.25) is 0 Å². The molecule has 0 aromatic heterocycles. The van der Waals surface area contributed by atoms with Crippen molar-refractivity contribution in [3.05, 3.63) is 28.8 Å². The number of amides is 1. The molecule has 1 unspecified atom stereocenters.